The molecule has 0 aromatic heterocycles. The van der Waals surface area contributed by atoms with Crippen LogP contribution in [0.25, 0.3) is 0 Å². The van der Waals surface area contributed by atoms with E-state index in [-0.39, 0.29) is 30.1 Å². The number of carbonyl (C=O) groups excluding carboxylic acids is 1. The monoisotopic (exact) mass is 304 g/mol. The number of alkyl halides is 1. The predicted molar refractivity (Wildman–Crippen MR) is 71.6 cm³/mol. The summed E-state index contributed by atoms with van der Waals surface area (Å²) in [5.41, 5.74) is 0. The molecule has 0 radical (unpaired) electrons. The van der Waals surface area contributed by atoms with Crippen LogP contribution < -0.4 is 5.32 Å². The molecule has 8 heteroatoms. The molecule has 1 aliphatic heterocycles. The van der Waals surface area contributed by atoms with Crippen molar-refractivity contribution in [3.63, 3.8) is 0 Å². The first-order chi connectivity index (χ1) is 9.77. The fraction of sp³-hybridized carbons (Fsp3) is 0.769. The van der Waals surface area contributed by atoms with E-state index in [1.54, 1.807) is 0 Å². The SMILES string of the molecule is CC(=O)N[C@@H]1[C@@H](C)[C@H](C)[C@@H](CC(=N)OCF)O[C@H]1C(=O)O. The van der Waals surface area contributed by atoms with Gasteiger partial charge in [0.15, 0.2) is 12.0 Å². The van der Waals surface area contributed by atoms with E-state index >= 15 is 0 Å². The molecule has 1 amide bonds. The van der Waals surface area contributed by atoms with Gasteiger partial charge in [-0.3, -0.25) is 10.2 Å². The number of carboxylic acid groups (broad SMARTS) is 1. The molecule has 1 aliphatic rings. The van der Waals surface area contributed by atoms with E-state index in [1.807, 2.05) is 13.8 Å². The predicted octanol–water partition coefficient (Wildman–Crippen LogP) is 0.926. The number of nitrogens with one attached hydrogen (secondary N) is 2. The molecule has 3 N–H and O–H groups in total. The molecule has 21 heavy (non-hydrogen) atoms. The largest absolute Gasteiger partial charge is 0.479 e. The van der Waals surface area contributed by atoms with Crippen molar-refractivity contribution < 1.29 is 28.6 Å². The average molecular weight is 304 g/mol. The number of carbonyl (C=O) groups is 2. The van der Waals surface area contributed by atoms with Gasteiger partial charge in [-0.1, -0.05) is 13.8 Å². The zero-order valence-electron chi connectivity index (χ0n) is 12.3. The van der Waals surface area contributed by atoms with Crippen LogP contribution in [-0.2, 0) is 19.1 Å². The van der Waals surface area contributed by atoms with E-state index in [4.69, 9.17) is 10.1 Å². The van der Waals surface area contributed by atoms with Gasteiger partial charge in [-0.2, -0.15) is 0 Å². The number of ether oxygens (including phenoxy) is 2. The summed E-state index contributed by atoms with van der Waals surface area (Å²) >= 11 is 0. The second-order valence-electron chi connectivity index (χ2n) is 5.26. The standard InChI is InChI=1S/C13H21FN2O5/c1-6-7(2)11(16-8(3)17)12(13(18)19)21-9(6)4-10(15)20-5-14/h6-7,9,11-12,15H,4-5H2,1-3H3,(H,16,17)(H,18,19)/t6-,7-,9+,11+,12+/m0/s1. The summed E-state index contributed by atoms with van der Waals surface area (Å²) in [5.74, 6) is -2.10. The molecule has 1 fully saturated rings. The molecule has 5 atom stereocenters. The summed E-state index contributed by atoms with van der Waals surface area (Å²) in [6.07, 6.45) is -1.79. The average Bonchev–Trinajstić information content (AvgIpc) is 2.37. The minimum atomic E-state index is -1.21. The lowest BCUT2D eigenvalue weighted by molar-refractivity contribution is -0.173. The number of rotatable bonds is 5. The highest BCUT2D eigenvalue weighted by molar-refractivity contribution is 5.78. The number of hydrogen-bond acceptors (Lipinski definition) is 5. The molecular weight excluding hydrogens is 283 g/mol. The minimum absolute atomic E-state index is 0.00794. The van der Waals surface area contributed by atoms with Gasteiger partial charge in [-0.15, -0.1) is 0 Å². The van der Waals surface area contributed by atoms with E-state index in [9.17, 15) is 19.1 Å². The second kappa shape index (κ2) is 7.35. The summed E-state index contributed by atoms with van der Waals surface area (Å²) in [6.45, 7) is 3.86. The van der Waals surface area contributed by atoms with Crippen LogP contribution in [0, 0.1) is 17.2 Å². The van der Waals surface area contributed by atoms with Crippen molar-refractivity contribution >= 4 is 17.8 Å². The Morgan fingerprint density at radius 3 is 2.48 bits per heavy atom. The Labute approximate surface area is 122 Å². The summed E-state index contributed by atoms with van der Waals surface area (Å²) < 4.78 is 22.0. The fourth-order valence-electron chi connectivity index (χ4n) is 2.53. The van der Waals surface area contributed by atoms with Crippen molar-refractivity contribution in [2.75, 3.05) is 6.86 Å². The van der Waals surface area contributed by atoms with Crippen molar-refractivity contribution in [2.24, 2.45) is 11.8 Å². The topological polar surface area (TPSA) is 109 Å². The molecule has 1 rings (SSSR count). The maximum Gasteiger partial charge on any atom is 0.335 e. The second-order valence-corrected chi connectivity index (χ2v) is 5.26. The van der Waals surface area contributed by atoms with Crippen molar-refractivity contribution in [3.05, 3.63) is 0 Å². The highest BCUT2D eigenvalue weighted by Crippen LogP contribution is 2.32. The van der Waals surface area contributed by atoms with E-state index < -0.39 is 31.1 Å². The van der Waals surface area contributed by atoms with Gasteiger partial charge in [0.2, 0.25) is 12.8 Å². The Balaban J connectivity index is 2.86. The molecule has 0 saturated carbocycles. The number of carboxylic acids is 1. The molecule has 7 nitrogen and oxygen atoms in total. The van der Waals surface area contributed by atoms with Crippen molar-refractivity contribution in [3.8, 4) is 0 Å². The molecule has 0 bridgehead atoms. The van der Waals surface area contributed by atoms with Crippen LogP contribution in [0.1, 0.15) is 27.2 Å². The normalized spacial score (nSPS) is 32.3. The van der Waals surface area contributed by atoms with Gasteiger partial charge in [0.1, 0.15) is 0 Å². The van der Waals surface area contributed by atoms with Gasteiger partial charge in [0.05, 0.1) is 12.1 Å². The van der Waals surface area contributed by atoms with Gasteiger partial charge in [0.25, 0.3) is 0 Å². The van der Waals surface area contributed by atoms with Crippen LogP contribution in [0.5, 0.6) is 0 Å². The van der Waals surface area contributed by atoms with Crippen molar-refractivity contribution in [2.45, 2.75) is 45.4 Å². The van der Waals surface area contributed by atoms with Gasteiger partial charge in [-0.05, 0) is 11.8 Å². The first kappa shape index (κ1) is 17.4. The Morgan fingerprint density at radius 1 is 1.38 bits per heavy atom. The van der Waals surface area contributed by atoms with Crippen LogP contribution in [0.4, 0.5) is 4.39 Å². The lowest BCUT2D eigenvalue weighted by Crippen LogP contribution is -2.59. The first-order valence-electron chi connectivity index (χ1n) is 6.69. The highest BCUT2D eigenvalue weighted by atomic mass is 19.1. The fourth-order valence-corrected chi connectivity index (χ4v) is 2.53. The molecule has 1 saturated heterocycles. The highest BCUT2D eigenvalue weighted by Gasteiger charge is 2.45. The third kappa shape index (κ3) is 4.38. The van der Waals surface area contributed by atoms with E-state index in [0.29, 0.717) is 0 Å². The third-order valence-electron chi connectivity index (χ3n) is 3.86. The number of halogens is 1. The summed E-state index contributed by atoms with van der Waals surface area (Å²) in [7, 11) is 0. The number of hydrogen-bond donors (Lipinski definition) is 3. The Hall–Kier alpha value is -1.70. The summed E-state index contributed by atoms with van der Waals surface area (Å²) in [5, 5.41) is 19.3. The molecule has 1 heterocycles. The summed E-state index contributed by atoms with van der Waals surface area (Å²) in [4.78, 5) is 22.6. The molecule has 0 aromatic carbocycles. The smallest absolute Gasteiger partial charge is 0.335 e. The summed E-state index contributed by atoms with van der Waals surface area (Å²) in [6, 6.07) is -0.650. The minimum Gasteiger partial charge on any atom is -0.479 e. The molecule has 0 aliphatic carbocycles. The van der Waals surface area contributed by atoms with Gasteiger partial charge in [-0.25, -0.2) is 9.18 Å². The maximum absolute atomic E-state index is 12.0. The van der Waals surface area contributed by atoms with Crippen LogP contribution >= 0.6 is 0 Å². The Bertz CT molecular complexity index is 417. The molecule has 0 spiro atoms. The molecule has 0 aromatic rings. The number of amides is 1. The Kier molecular flexibility index (Phi) is 6.07. The maximum atomic E-state index is 12.0. The molecule has 0 unspecified atom stereocenters. The van der Waals surface area contributed by atoms with Crippen LogP contribution in [0.3, 0.4) is 0 Å². The first-order valence-corrected chi connectivity index (χ1v) is 6.69. The van der Waals surface area contributed by atoms with Crippen LogP contribution in [0.15, 0.2) is 0 Å². The van der Waals surface area contributed by atoms with E-state index in [2.05, 4.69) is 10.1 Å². The van der Waals surface area contributed by atoms with Gasteiger partial charge in [0, 0.05) is 13.3 Å². The van der Waals surface area contributed by atoms with Gasteiger partial charge < -0.3 is 19.9 Å². The Morgan fingerprint density at radius 2 is 2.00 bits per heavy atom. The van der Waals surface area contributed by atoms with Gasteiger partial charge >= 0.3 is 5.97 Å². The van der Waals surface area contributed by atoms with Crippen LogP contribution in [0.2, 0.25) is 0 Å². The van der Waals surface area contributed by atoms with Crippen molar-refractivity contribution in [1.29, 1.82) is 5.41 Å². The van der Waals surface area contributed by atoms with E-state index in [1.165, 1.54) is 6.92 Å². The molecule has 120 valence electrons. The zero-order chi connectivity index (χ0) is 16.2. The number of aliphatic carboxylic acids is 1. The van der Waals surface area contributed by atoms with E-state index in [0.717, 1.165) is 0 Å². The zero-order valence-corrected chi connectivity index (χ0v) is 12.3. The lowest BCUT2D eigenvalue weighted by atomic mass is 9.78. The lowest BCUT2D eigenvalue weighted by Gasteiger charge is -2.43. The third-order valence-corrected chi connectivity index (χ3v) is 3.86. The molecular formula is C13H21FN2O5. The quantitative estimate of drug-likeness (QED) is 0.517. The van der Waals surface area contributed by atoms with Crippen LogP contribution in [-0.4, -0.2) is 48.0 Å². The van der Waals surface area contributed by atoms with Crippen molar-refractivity contribution in [1.82, 2.24) is 5.32 Å².